The molecule has 0 saturated carbocycles. The van der Waals surface area contributed by atoms with Crippen LogP contribution >= 0.6 is 0 Å². The zero-order valence-corrected chi connectivity index (χ0v) is 31.8. The standard InChI is InChI=1S/C22H31FN4O3.C14H18FN3O4S/c1-15-24-27(22(28)25(15)2)13-17(23)12-26-18-7-8-19(26)11-21(10-18)30-14-16-5-4-6-20(9-16)29-3;1-10-4-6-13(7-5-10)23(20,21)22-9-12(15)8-18-14(19)17(3)11(2)16-18/h4-6,9,17-19,21H,7-8,10-14H2,1-3H3;4-7,12H,8-9H2,1-3H3/t17-,18?,19?,21?;12-/m10/s1. The molecule has 2 unspecified atom stereocenters. The molecule has 6 rings (SSSR count). The van der Waals surface area contributed by atoms with Crippen LogP contribution in [0.15, 0.2) is 63.0 Å². The Hall–Kier alpha value is -4.19. The van der Waals surface area contributed by atoms with Gasteiger partial charge in [0.05, 0.1) is 44.4 Å². The van der Waals surface area contributed by atoms with Gasteiger partial charge in [0.1, 0.15) is 29.7 Å². The third kappa shape index (κ3) is 10.1. The number of halogens is 2. The highest BCUT2D eigenvalue weighted by atomic mass is 32.2. The van der Waals surface area contributed by atoms with E-state index in [2.05, 4.69) is 15.1 Å². The van der Waals surface area contributed by atoms with Crippen molar-refractivity contribution < 1.29 is 30.9 Å². The molecule has 2 aromatic carbocycles. The highest BCUT2D eigenvalue weighted by Gasteiger charge is 2.42. The van der Waals surface area contributed by atoms with Crippen molar-refractivity contribution in [1.82, 2.24) is 33.6 Å². The molecule has 2 bridgehead atoms. The molecule has 0 aliphatic carbocycles. The zero-order chi connectivity index (χ0) is 38.4. The lowest BCUT2D eigenvalue weighted by atomic mass is 9.99. The second-order valence-electron chi connectivity index (χ2n) is 13.7. The fourth-order valence-electron chi connectivity index (χ4n) is 6.72. The van der Waals surface area contributed by atoms with Gasteiger partial charge in [-0.05, 0) is 76.3 Å². The van der Waals surface area contributed by atoms with Crippen molar-refractivity contribution in [2.75, 3.05) is 20.3 Å². The fourth-order valence-corrected chi connectivity index (χ4v) is 7.65. The second-order valence-corrected chi connectivity index (χ2v) is 15.3. The van der Waals surface area contributed by atoms with E-state index in [9.17, 15) is 26.8 Å². The van der Waals surface area contributed by atoms with Gasteiger partial charge in [0.25, 0.3) is 10.1 Å². The Bertz CT molecular complexity index is 2050. The van der Waals surface area contributed by atoms with E-state index in [4.69, 9.17) is 13.7 Å². The van der Waals surface area contributed by atoms with Crippen LogP contribution in [0.25, 0.3) is 0 Å². The smallest absolute Gasteiger partial charge is 0.345 e. The summed E-state index contributed by atoms with van der Waals surface area (Å²) in [6.45, 7) is 5.05. The largest absolute Gasteiger partial charge is 0.497 e. The maximum Gasteiger partial charge on any atom is 0.345 e. The van der Waals surface area contributed by atoms with Crippen LogP contribution in [-0.4, -0.2) is 92.8 Å². The van der Waals surface area contributed by atoms with Crippen LogP contribution < -0.4 is 16.1 Å². The summed E-state index contributed by atoms with van der Waals surface area (Å²) in [4.78, 5) is 26.1. The van der Waals surface area contributed by atoms with Gasteiger partial charge in [-0.3, -0.25) is 18.2 Å². The minimum Gasteiger partial charge on any atom is -0.497 e. The molecule has 2 fully saturated rings. The lowest BCUT2D eigenvalue weighted by Gasteiger charge is -2.39. The Labute approximate surface area is 308 Å². The highest BCUT2D eigenvalue weighted by Crippen LogP contribution is 2.37. The SMILES string of the molecule is COc1cccc(COC2CC3CCC(C2)N3C[C@@H](F)Cn2nc(C)n(C)c2=O)c1.Cc1ccc(S(=O)(=O)OC[C@@H](F)Cn2nc(C)n(C)c2=O)cc1. The Kier molecular flexibility index (Phi) is 13.1. The number of aromatic nitrogens is 6. The average molecular weight is 762 g/mol. The van der Waals surface area contributed by atoms with Gasteiger partial charge in [0.15, 0.2) is 0 Å². The first kappa shape index (κ1) is 40.0. The van der Waals surface area contributed by atoms with Gasteiger partial charge < -0.3 is 9.47 Å². The molecule has 0 spiro atoms. The highest BCUT2D eigenvalue weighted by molar-refractivity contribution is 7.86. The molecular formula is C36H49F2N7O7S. The molecule has 0 amide bonds. The number of hydrogen-bond donors (Lipinski definition) is 0. The summed E-state index contributed by atoms with van der Waals surface area (Å²) in [5.74, 6) is 1.87. The third-order valence-electron chi connectivity index (χ3n) is 9.84. The van der Waals surface area contributed by atoms with Crippen molar-refractivity contribution >= 4 is 10.1 Å². The molecule has 2 aliphatic heterocycles. The summed E-state index contributed by atoms with van der Waals surface area (Å²) >= 11 is 0. The van der Waals surface area contributed by atoms with E-state index in [1.54, 1.807) is 40.1 Å². The molecule has 2 aliphatic rings. The Morgan fingerprint density at radius 1 is 0.830 bits per heavy atom. The fraction of sp³-hybridized carbons (Fsp3) is 0.556. The summed E-state index contributed by atoms with van der Waals surface area (Å²) in [6.07, 6.45) is 1.42. The number of rotatable bonds is 14. The maximum absolute atomic E-state index is 14.8. The van der Waals surface area contributed by atoms with Gasteiger partial charge in [-0.2, -0.15) is 18.6 Å². The molecule has 17 heteroatoms. The Balaban J connectivity index is 0.000000212. The van der Waals surface area contributed by atoms with Crippen molar-refractivity contribution in [1.29, 1.82) is 0 Å². The van der Waals surface area contributed by atoms with Gasteiger partial charge >= 0.3 is 11.4 Å². The van der Waals surface area contributed by atoms with Crippen LogP contribution in [0, 0.1) is 20.8 Å². The average Bonchev–Trinajstić information content (AvgIpc) is 3.61. The summed E-state index contributed by atoms with van der Waals surface area (Å²) in [7, 11) is 0.811. The first-order valence-electron chi connectivity index (χ1n) is 17.6. The normalized spacial score (nSPS) is 19.8. The Morgan fingerprint density at radius 3 is 1.92 bits per heavy atom. The monoisotopic (exact) mass is 761 g/mol. The van der Waals surface area contributed by atoms with Crippen molar-refractivity contribution in [3.63, 3.8) is 0 Å². The number of hydrogen-bond acceptors (Lipinski definition) is 10. The number of piperidine rings is 1. The molecule has 0 N–H and O–H groups in total. The van der Waals surface area contributed by atoms with Crippen LogP contribution in [0.5, 0.6) is 5.75 Å². The van der Waals surface area contributed by atoms with Crippen molar-refractivity contribution in [3.05, 3.63) is 92.3 Å². The topological polar surface area (TPSA) is 145 Å². The first-order valence-corrected chi connectivity index (χ1v) is 19.0. The predicted octanol–water partition coefficient (Wildman–Crippen LogP) is 3.39. The summed E-state index contributed by atoms with van der Waals surface area (Å²) in [5, 5.41) is 8.04. The van der Waals surface area contributed by atoms with Gasteiger partial charge in [0, 0.05) is 32.7 Å². The number of aryl methyl sites for hydroxylation is 3. The van der Waals surface area contributed by atoms with Crippen molar-refractivity contribution in [2.45, 2.75) is 102 Å². The molecular weight excluding hydrogens is 713 g/mol. The number of methoxy groups -OCH3 is 1. The minimum atomic E-state index is -4.03. The van der Waals surface area contributed by atoms with E-state index in [0.29, 0.717) is 36.9 Å². The predicted molar refractivity (Wildman–Crippen MR) is 193 cm³/mol. The van der Waals surface area contributed by atoms with Crippen LogP contribution in [0.4, 0.5) is 8.78 Å². The number of ether oxygens (including phenoxy) is 2. The second kappa shape index (κ2) is 17.3. The summed E-state index contributed by atoms with van der Waals surface area (Å²) in [5.41, 5.74) is 1.27. The number of fused-ring (bicyclic) bond motifs is 2. The van der Waals surface area contributed by atoms with E-state index in [-0.39, 0.29) is 29.8 Å². The minimum absolute atomic E-state index is 0.00617. The molecule has 2 aromatic heterocycles. The molecule has 53 heavy (non-hydrogen) atoms. The maximum atomic E-state index is 14.8. The van der Waals surface area contributed by atoms with Crippen LogP contribution in [0.3, 0.4) is 0 Å². The van der Waals surface area contributed by atoms with E-state index in [1.165, 1.54) is 33.0 Å². The molecule has 0 radical (unpaired) electrons. The van der Waals surface area contributed by atoms with Gasteiger partial charge in [-0.25, -0.2) is 27.7 Å². The lowest BCUT2D eigenvalue weighted by Crippen LogP contribution is -2.48. The Morgan fingerprint density at radius 2 is 1.40 bits per heavy atom. The molecule has 4 heterocycles. The first-order chi connectivity index (χ1) is 25.1. The number of benzene rings is 2. The summed E-state index contributed by atoms with van der Waals surface area (Å²) in [6, 6.07) is 14.7. The van der Waals surface area contributed by atoms with E-state index < -0.39 is 34.8 Å². The summed E-state index contributed by atoms with van der Waals surface area (Å²) < 4.78 is 73.7. The number of nitrogens with zero attached hydrogens (tertiary/aromatic N) is 7. The third-order valence-corrected chi connectivity index (χ3v) is 11.1. The number of alkyl halides is 2. The van der Waals surface area contributed by atoms with Crippen LogP contribution in [0.2, 0.25) is 0 Å². The van der Waals surface area contributed by atoms with Crippen molar-refractivity contribution in [2.24, 2.45) is 14.1 Å². The molecule has 4 atom stereocenters. The van der Waals surface area contributed by atoms with Gasteiger partial charge in [-0.1, -0.05) is 29.8 Å². The van der Waals surface area contributed by atoms with E-state index in [0.717, 1.165) is 47.2 Å². The van der Waals surface area contributed by atoms with Crippen molar-refractivity contribution in [3.8, 4) is 5.75 Å². The lowest BCUT2D eigenvalue weighted by molar-refractivity contribution is -0.0342. The van der Waals surface area contributed by atoms with Gasteiger partial charge in [0.2, 0.25) is 0 Å². The molecule has 14 nitrogen and oxygen atoms in total. The van der Waals surface area contributed by atoms with Crippen LogP contribution in [0.1, 0.15) is 48.5 Å². The zero-order valence-electron chi connectivity index (χ0n) is 31.0. The molecule has 2 saturated heterocycles. The van der Waals surface area contributed by atoms with E-state index in [1.807, 2.05) is 31.2 Å². The molecule has 290 valence electrons. The quantitative estimate of drug-likeness (QED) is 0.176. The van der Waals surface area contributed by atoms with Crippen LogP contribution in [-0.2, 0) is 52.8 Å². The van der Waals surface area contributed by atoms with E-state index >= 15 is 0 Å². The van der Waals surface area contributed by atoms with Gasteiger partial charge in [-0.15, -0.1) is 0 Å². The molecule has 4 aromatic rings.